The minimum absolute atomic E-state index is 0.0914. The van der Waals surface area contributed by atoms with E-state index in [-0.39, 0.29) is 11.5 Å². The van der Waals surface area contributed by atoms with Gasteiger partial charge in [0.15, 0.2) is 5.65 Å². The molecule has 0 bridgehead atoms. The van der Waals surface area contributed by atoms with Crippen molar-refractivity contribution in [3.05, 3.63) is 42.0 Å². The molecule has 0 spiro atoms. The highest BCUT2D eigenvalue weighted by Gasteiger charge is 2.13. The number of hydrogen-bond acceptors (Lipinski definition) is 6. The summed E-state index contributed by atoms with van der Waals surface area (Å²) >= 11 is 0. The smallest absolute Gasteiger partial charge is 0.200 e. The van der Waals surface area contributed by atoms with Crippen LogP contribution in [0.1, 0.15) is 33.3 Å². The quantitative estimate of drug-likeness (QED) is 0.777. The minimum atomic E-state index is 0.0914. The lowest BCUT2D eigenvalue weighted by Crippen LogP contribution is -2.24. The van der Waals surface area contributed by atoms with Crippen molar-refractivity contribution >= 4 is 11.5 Å². The Morgan fingerprint density at radius 3 is 2.58 bits per heavy atom. The topological polar surface area (TPSA) is 77.2 Å². The van der Waals surface area contributed by atoms with E-state index in [1.807, 2.05) is 31.2 Å². The van der Waals surface area contributed by atoms with Crippen molar-refractivity contribution in [2.45, 2.75) is 39.2 Å². The Kier molecular flexibility index (Phi) is 4.33. The Morgan fingerprint density at radius 2 is 1.88 bits per heavy atom. The molecule has 0 saturated carbocycles. The van der Waals surface area contributed by atoms with Gasteiger partial charge in [-0.25, -0.2) is 0 Å². The predicted octanol–water partition coefficient (Wildman–Crippen LogP) is 2.70. The highest BCUT2D eigenvalue weighted by atomic mass is 16.5. The average Bonchev–Trinajstić information content (AvgIpc) is 3.00. The zero-order chi connectivity index (χ0) is 17.2. The summed E-state index contributed by atoms with van der Waals surface area (Å²) in [6.45, 7) is 9.16. The molecule has 126 valence electrons. The highest BCUT2D eigenvalue weighted by molar-refractivity contribution is 5.42. The Balaban J connectivity index is 1.56. The van der Waals surface area contributed by atoms with Gasteiger partial charge in [-0.05, 0) is 52.6 Å². The second-order valence-electron chi connectivity index (χ2n) is 6.88. The number of tetrazole rings is 1. The Morgan fingerprint density at radius 1 is 1.12 bits per heavy atom. The first-order valence-corrected chi connectivity index (χ1v) is 7.97. The van der Waals surface area contributed by atoms with Gasteiger partial charge in [0.1, 0.15) is 18.2 Å². The molecule has 7 nitrogen and oxygen atoms in total. The van der Waals surface area contributed by atoms with Gasteiger partial charge in [-0.1, -0.05) is 32.9 Å². The first kappa shape index (κ1) is 16.2. The molecular formula is C17H22N6O. The fourth-order valence-corrected chi connectivity index (χ4v) is 2.29. The van der Waals surface area contributed by atoms with Crippen molar-refractivity contribution in [1.82, 2.24) is 25.3 Å². The lowest BCUT2D eigenvalue weighted by molar-refractivity contribution is 0.303. The van der Waals surface area contributed by atoms with Crippen molar-refractivity contribution in [2.75, 3.05) is 11.9 Å². The fourth-order valence-electron chi connectivity index (χ4n) is 2.29. The monoisotopic (exact) mass is 326 g/mol. The van der Waals surface area contributed by atoms with Crippen LogP contribution in [-0.2, 0) is 5.41 Å². The van der Waals surface area contributed by atoms with Crippen molar-refractivity contribution < 1.29 is 4.74 Å². The van der Waals surface area contributed by atoms with Crippen LogP contribution in [0.5, 0.6) is 5.75 Å². The molecule has 2 heterocycles. The van der Waals surface area contributed by atoms with Crippen LogP contribution in [0.3, 0.4) is 0 Å². The summed E-state index contributed by atoms with van der Waals surface area (Å²) in [6, 6.07) is 12.0. The lowest BCUT2D eigenvalue weighted by atomic mass is 9.87. The summed E-state index contributed by atoms with van der Waals surface area (Å²) in [5.41, 5.74) is 2.05. The van der Waals surface area contributed by atoms with Gasteiger partial charge in [-0.15, -0.1) is 14.8 Å². The number of anilines is 1. The summed E-state index contributed by atoms with van der Waals surface area (Å²) in [5.74, 6) is 1.56. The van der Waals surface area contributed by atoms with E-state index >= 15 is 0 Å². The zero-order valence-corrected chi connectivity index (χ0v) is 14.4. The fraction of sp³-hybridized carbons (Fsp3) is 0.412. The van der Waals surface area contributed by atoms with Crippen molar-refractivity contribution in [1.29, 1.82) is 0 Å². The molecule has 0 fully saturated rings. The van der Waals surface area contributed by atoms with Gasteiger partial charge in [0.25, 0.3) is 0 Å². The molecule has 0 aliphatic carbocycles. The van der Waals surface area contributed by atoms with Gasteiger partial charge < -0.3 is 10.1 Å². The van der Waals surface area contributed by atoms with Crippen LogP contribution < -0.4 is 10.1 Å². The van der Waals surface area contributed by atoms with Crippen LogP contribution >= 0.6 is 0 Å². The summed E-state index contributed by atoms with van der Waals surface area (Å²) in [5, 5.41) is 18.7. The van der Waals surface area contributed by atoms with Crippen LogP contribution in [0.25, 0.3) is 5.65 Å². The Bertz CT molecular complexity index is 806. The number of hydrogen-bond donors (Lipinski definition) is 1. The maximum Gasteiger partial charge on any atom is 0.200 e. The maximum absolute atomic E-state index is 5.84. The van der Waals surface area contributed by atoms with Crippen LogP contribution in [0.2, 0.25) is 0 Å². The minimum Gasteiger partial charge on any atom is -0.491 e. The van der Waals surface area contributed by atoms with E-state index < -0.39 is 0 Å². The third kappa shape index (κ3) is 3.79. The highest BCUT2D eigenvalue weighted by Crippen LogP contribution is 2.24. The summed E-state index contributed by atoms with van der Waals surface area (Å²) in [4.78, 5) is 0. The predicted molar refractivity (Wildman–Crippen MR) is 92.3 cm³/mol. The van der Waals surface area contributed by atoms with E-state index in [1.54, 1.807) is 0 Å². The summed E-state index contributed by atoms with van der Waals surface area (Å²) in [7, 11) is 0. The molecule has 0 amide bonds. The Labute approximate surface area is 141 Å². The molecule has 1 N–H and O–H groups in total. The van der Waals surface area contributed by atoms with E-state index in [1.165, 1.54) is 10.2 Å². The number of rotatable bonds is 5. The number of fused-ring (bicyclic) bond motifs is 1. The maximum atomic E-state index is 5.84. The number of ether oxygens (including phenoxy) is 1. The van der Waals surface area contributed by atoms with Crippen LogP contribution in [-0.4, -0.2) is 37.9 Å². The van der Waals surface area contributed by atoms with E-state index in [0.717, 1.165) is 5.75 Å². The largest absolute Gasteiger partial charge is 0.491 e. The third-order valence-electron chi connectivity index (χ3n) is 3.68. The van der Waals surface area contributed by atoms with Crippen LogP contribution in [0.4, 0.5) is 5.82 Å². The van der Waals surface area contributed by atoms with Crippen molar-refractivity contribution in [2.24, 2.45) is 0 Å². The molecule has 3 aromatic rings. The molecule has 1 atom stereocenters. The van der Waals surface area contributed by atoms with Gasteiger partial charge in [-0.2, -0.15) is 0 Å². The molecule has 7 heteroatoms. The lowest BCUT2D eigenvalue weighted by Gasteiger charge is -2.20. The van der Waals surface area contributed by atoms with E-state index in [0.29, 0.717) is 18.1 Å². The second kappa shape index (κ2) is 6.43. The van der Waals surface area contributed by atoms with Gasteiger partial charge in [0, 0.05) is 0 Å². The van der Waals surface area contributed by atoms with Crippen molar-refractivity contribution in [3.8, 4) is 5.75 Å². The van der Waals surface area contributed by atoms with Gasteiger partial charge in [-0.3, -0.25) is 0 Å². The zero-order valence-electron chi connectivity index (χ0n) is 14.4. The third-order valence-corrected chi connectivity index (χ3v) is 3.68. The number of nitrogens with one attached hydrogen (secondary N) is 1. The molecule has 24 heavy (non-hydrogen) atoms. The Hall–Kier alpha value is -2.70. The molecule has 1 unspecified atom stereocenters. The summed E-state index contributed by atoms with van der Waals surface area (Å²) < 4.78 is 7.23. The molecule has 0 saturated heterocycles. The first-order valence-electron chi connectivity index (χ1n) is 7.97. The molecule has 3 rings (SSSR count). The van der Waals surface area contributed by atoms with E-state index in [2.05, 4.69) is 58.8 Å². The van der Waals surface area contributed by atoms with Crippen molar-refractivity contribution in [3.63, 3.8) is 0 Å². The van der Waals surface area contributed by atoms with Gasteiger partial charge in [0.2, 0.25) is 0 Å². The number of benzene rings is 1. The molecule has 1 aromatic carbocycles. The molecule has 2 aromatic heterocycles. The molecule has 0 aliphatic heterocycles. The van der Waals surface area contributed by atoms with Gasteiger partial charge >= 0.3 is 0 Å². The molecule has 0 radical (unpaired) electrons. The molecular weight excluding hydrogens is 304 g/mol. The van der Waals surface area contributed by atoms with E-state index in [4.69, 9.17) is 4.74 Å². The second-order valence-corrected chi connectivity index (χ2v) is 6.88. The first-order chi connectivity index (χ1) is 11.4. The van der Waals surface area contributed by atoms with E-state index in [9.17, 15) is 0 Å². The standard InChI is InChI=1S/C17H22N6O/c1-12(18-15-9-10-16-19-21-22-23(16)20-15)11-24-14-7-5-13(6-8-14)17(2,3)4/h5-10,12H,11H2,1-4H3,(H,18,20). The number of nitrogens with zero attached hydrogens (tertiary/aromatic N) is 5. The SMILES string of the molecule is CC(COc1ccc(C(C)(C)C)cc1)Nc1ccc2nnnn2n1. The summed E-state index contributed by atoms with van der Waals surface area (Å²) in [6.07, 6.45) is 0. The normalized spacial score (nSPS) is 13.0. The van der Waals surface area contributed by atoms with Crippen LogP contribution in [0.15, 0.2) is 36.4 Å². The number of aromatic nitrogens is 5. The van der Waals surface area contributed by atoms with Gasteiger partial charge in [0.05, 0.1) is 6.04 Å². The average molecular weight is 326 g/mol. The molecule has 0 aliphatic rings. The van der Waals surface area contributed by atoms with Crippen LogP contribution in [0, 0.1) is 0 Å².